The molecule has 0 saturated carbocycles. The fourth-order valence-corrected chi connectivity index (χ4v) is 3.11. The van der Waals surface area contributed by atoms with E-state index in [0.29, 0.717) is 29.7 Å². The molecule has 0 atom stereocenters. The number of nitrogens with one attached hydrogen (secondary N) is 1. The zero-order valence-corrected chi connectivity index (χ0v) is 14.6. The van der Waals surface area contributed by atoms with Gasteiger partial charge >= 0.3 is 0 Å². The summed E-state index contributed by atoms with van der Waals surface area (Å²) >= 11 is 7.60. The van der Waals surface area contributed by atoms with E-state index in [2.05, 4.69) is 24.4 Å². The van der Waals surface area contributed by atoms with E-state index in [1.807, 2.05) is 30.3 Å². The van der Waals surface area contributed by atoms with Crippen molar-refractivity contribution in [2.45, 2.75) is 12.7 Å². The molecule has 23 heavy (non-hydrogen) atoms. The van der Waals surface area contributed by atoms with Crippen LogP contribution >= 0.6 is 23.4 Å². The molecule has 0 aliphatic heterocycles. The van der Waals surface area contributed by atoms with Crippen LogP contribution in [0.5, 0.6) is 5.75 Å². The maximum atomic E-state index is 11.8. The van der Waals surface area contributed by atoms with Crippen molar-refractivity contribution in [1.29, 1.82) is 0 Å². The van der Waals surface area contributed by atoms with Gasteiger partial charge in [-0.15, -0.1) is 11.8 Å². The molecule has 2 aromatic carbocycles. The minimum atomic E-state index is 0.0198. The minimum Gasteiger partial charge on any atom is -0.490 e. The van der Waals surface area contributed by atoms with E-state index in [1.54, 1.807) is 17.8 Å². The monoisotopic (exact) mass is 349 g/mol. The van der Waals surface area contributed by atoms with Gasteiger partial charge < -0.3 is 10.1 Å². The van der Waals surface area contributed by atoms with Crippen LogP contribution in [0.25, 0.3) is 0 Å². The Hall–Kier alpha value is -1.65. The largest absolute Gasteiger partial charge is 0.490 e. The summed E-state index contributed by atoms with van der Waals surface area (Å²) in [5.41, 5.74) is 2.53. The van der Waals surface area contributed by atoms with Crippen LogP contribution in [-0.4, -0.2) is 24.8 Å². The van der Waals surface area contributed by atoms with E-state index < -0.39 is 0 Å². The van der Waals surface area contributed by atoms with Gasteiger partial charge in [0.15, 0.2) is 0 Å². The summed E-state index contributed by atoms with van der Waals surface area (Å²) in [5, 5.41) is 3.42. The second kappa shape index (κ2) is 9.48. The number of halogens is 1. The predicted molar refractivity (Wildman–Crippen MR) is 97.3 cm³/mol. The topological polar surface area (TPSA) is 38.3 Å². The van der Waals surface area contributed by atoms with Gasteiger partial charge in [-0.2, -0.15) is 0 Å². The van der Waals surface area contributed by atoms with Gasteiger partial charge in [-0.05, 0) is 30.2 Å². The van der Waals surface area contributed by atoms with Crippen LogP contribution in [-0.2, 0) is 10.5 Å². The average Bonchev–Trinajstić information content (AvgIpc) is 2.55. The van der Waals surface area contributed by atoms with E-state index in [1.165, 1.54) is 11.1 Å². The number of amides is 1. The van der Waals surface area contributed by atoms with Crippen molar-refractivity contribution in [3.8, 4) is 5.75 Å². The van der Waals surface area contributed by atoms with Crippen LogP contribution in [0.3, 0.4) is 0 Å². The van der Waals surface area contributed by atoms with Crippen LogP contribution in [0.15, 0.2) is 48.5 Å². The minimum absolute atomic E-state index is 0.0198. The number of thioether (sulfide) groups is 1. The SMILES string of the molecule is Cc1ccccc1CSCC(=O)NCCOc1ccccc1Cl. The average molecular weight is 350 g/mol. The van der Waals surface area contributed by atoms with Gasteiger partial charge in [0.05, 0.1) is 17.3 Å². The molecule has 2 rings (SSSR count). The Labute approximate surface area is 146 Å². The standard InChI is InChI=1S/C18H20ClNO2S/c1-14-6-2-3-7-15(14)12-23-13-18(21)20-10-11-22-17-9-5-4-8-16(17)19/h2-9H,10-13H2,1H3,(H,20,21). The molecule has 2 aromatic rings. The molecule has 0 bridgehead atoms. The molecule has 0 fully saturated rings. The Morgan fingerprint density at radius 2 is 1.91 bits per heavy atom. The van der Waals surface area contributed by atoms with Gasteiger partial charge in [0.2, 0.25) is 5.91 Å². The lowest BCUT2D eigenvalue weighted by Crippen LogP contribution is -2.29. The number of benzene rings is 2. The van der Waals surface area contributed by atoms with E-state index in [9.17, 15) is 4.79 Å². The molecule has 0 saturated heterocycles. The van der Waals surface area contributed by atoms with Crippen molar-refractivity contribution in [1.82, 2.24) is 5.32 Å². The number of ether oxygens (including phenoxy) is 1. The normalized spacial score (nSPS) is 10.3. The molecular formula is C18H20ClNO2S. The van der Waals surface area contributed by atoms with Crippen molar-refractivity contribution in [2.75, 3.05) is 18.9 Å². The molecule has 1 amide bonds. The first-order chi connectivity index (χ1) is 11.2. The third-order valence-electron chi connectivity index (χ3n) is 3.27. The second-order valence-corrected chi connectivity index (χ2v) is 6.44. The molecule has 0 aromatic heterocycles. The van der Waals surface area contributed by atoms with Crippen molar-refractivity contribution < 1.29 is 9.53 Å². The summed E-state index contributed by atoms with van der Waals surface area (Å²) in [4.78, 5) is 11.8. The summed E-state index contributed by atoms with van der Waals surface area (Å²) in [6.07, 6.45) is 0. The number of para-hydroxylation sites is 1. The summed E-state index contributed by atoms with van der Waals surface area (Å²) in [5.74, 6) is 1.94. The van der Waals surface area contributed by atoms with Crippen LogP contribution in [0.4, 0.5) is 0 Å². The number of hydrogen-bond donors (Lipinski definition) is 1. The van der Waals surface area contributed by atoms with Crippen molar-refractivity contribution >= 4 is 29.3 Å². The summed E-state index contributed by atoms with van der Waals surface area (Å²) in [7, 11) is 0. The molecule has 0 aliphatic carbocycles. The van der Waals surface area contributed by atoms with Gasteiger partial charge in [0.1, 0.15) is 12.4 Å². The van der Waals surface area contributed by atoms with E-state index >= 15 is 0 Å². The quantitative estimate of drug-likeness (QED) is 0.730. The van der Waals surface area contributed by atoms with Crippen LogP contribution in [0.1, 0.15) is 11.1 Å². The highest BCUT2D eigenvalue weighted by molar-refractivity contribution is 7.99. The molecule has 0 radical (unpaired) electrons. The van der Waals surface area contributed by atoms with E-state index in [4.69, 9.17) is 16.3 Å². The lowest BCUT2D eigenvalue weighted by atomic mass is 10.1. The van der Waals surface area contributed by atoms with E-state index in [0.717, 1.165) is 5.75 Å². The number of rotatable bonds is 8. The molecule has 122 valence electrons. The Kier molecular flexibility index (Phi) is 7.30. The first-order valence-corrected chi connectivity index (χ1v) is 8.96. The Morgan fingerprint density at radius 3 is 2.70 bits per heavy atom. The second-order valence-electron chi connectivity index (χ2n) is 5.05. The zero-order chi connectivity index (χ0) is 16.5. The summed E-state index contributed by atoms with van der Waals surface area (Å²) in [6.45, 7) is 2.95. The van der Waals surface area contributed by atoms with E-state index in [-0.39, 0.29) is 5.91 Å². The molecule has 0 unspecified atom stereocenters. The Morgan fingerprint density at radius 1 is 1.17 bits per heavy atom. The molecule has 1 N–H and O–H groups in total. The fourth-order valence-electron chi connectivity index (χ4n) is 1.99. The highest BCUT2D eigenvalue weighted by atomic mass is 35.5. The number of carbonyl (C=O) groups is 1. The Bertz CT molecular complexity index is 648. The smallest absolute Gasteiger partial charge is 0.230 e. The van der Waals surface area contributed by atoms with Gasteiger partial charge in [0, 0.05) is 5.75 Å². The molecule has 5 heteroatoms. The van der Waals surface area contributed by atoms with Crippen molar-refractivity contribution in [2.24, 2.45) is 0 Å². The number of hydrogen-bond acceptors (Lipinski definition) is 3. The zero-order valence-electron chi connectivity index (χ0n) is 13.0. The Balaban J connectivity index is 1.60. The van der Waals surface area contributed by atoms with Gasteiger partial charge in [0.25, 0.3) is 0 Å². The van der Waals surface area contributed by atoms with Gasteiger partial charge in [-0.1, -0.05) is 48.0 Å². The van der Waals surface area contributed by atoms with Crippen LogP contribution < -0.4 is 10.1 Å². The molecule has 0 aliphatic rings. The molecular weight excluding hydrogens is 330 g/mol. The number of carbonyl (C=O) groups excluding carboxylic acids is 1. The maximum absolute atomic E-state index is 11.8. The van der Waals surface area contributed by atoms with Crippen molar-refractivity contribution in [3.05, 3.63) is 64.7 Å². The highest BCUT2D eigenvalue weighted by Gasteiger charge is 2.04. The summed E-state index contributed by atoms with van der Waals surface area (Å²) < 4.78 is 5.52. The van der Waals surface area contributed by atoms with Crippen molar-refractivity contribution in [3.63, 3.8) is 0 Å². The maximum Gasteiger partial charge on any atom is 0.230 e. The third-order valence-corrected chi connectivity index (χ3v) is 4.56. The lowest BCUT2D eigenvalue weighted by molar-refractivity contribution is -0.118. The lowest BCUT2D eigenvalue weighted by Gasteiger charge is -2.09. The van der Waals surface area contributed by atoms with Gasteiger partial charge in [-0.3, -0.25) is 4.79 Å². The van der Waals surface area contributed by atoms with Crippen LogP contribution in [0, 0.1) is 6.92 Å². The number of aryl methyl sites for hydroxylation is 1. The predicted octanol–water partition coefficient (Wildman–Crippen LogP) is 4.08. The first-order valence-electron chi connectivity index (χ1n) is 7.43. The summed E-state index contributed by atoms with van der Waals surface area (Å²) in [6, 6.07) is 15.5. The molecule has 3 nitrogen and oxygen atoms in total. The third kappa shape index (κ3) is 6.16. The fraction of sp³-hybridized carbons (Fsp3) is 0.278. The van der Waals surface area contributed by atoms with Gasteiger partial charge in [-0.25, -0.2) is 0 Å². The first kappa shape index (κ1) is 17.7. The van der Waals surface area contributed by atoms with Crippen LogP contribution in [0.2, 0.25) is 5.02 Å². The molecule has 0 heterocycles. The highest BCUT2D eigenvalue weighted by Crippen LogP contribution is 2.22. The molecule has 0 spiro atoms.